The number of nitrogens with zero attached hydrogens (tertiary/aromatic N) is 3. The number of nitrogens with one attached hydrogen (secondary N) is 2. The van der Waals surface area contributed by atoms with Gasteiger partial charge in [-0.15, -0.1) is 0 Å². The summed E-state index contributed by atoms with van der Waals surface area (Å²) in [5.74, 6) is -0.846. The van der Waals surface area contributed by atoms with E-state index >= 15 is 0 Å². The van der Waals surface area contributed by atoms with Crippen LogP contribution in [0.5, 0.6) is 0 Å². The third kappa shape index (κ3) is 5.41. The van der Waals surface area contributed by atoms with Crippen molar-refractivity contribution in [3.8, 4) is 17.3 Å². The third-order valence-electron chi connectivity index (χ3n) is 7.36. The van der Waals surface area contributed by atoms with Gasteiger partial charge >= 0.3 is 6.18 Å². The first-order valence-electron chi connectivity index (χ1n) is 12.9. The minimum Gasteiger partial charge on any atom is -0.456 e. The van der Waals surface area contributed by atoms with Gasteiger partial charge in [-0.05, 0) is 63.4 Å². The van der Waals surface area contributed by atoms with Gasteiger partial charge in [0.25, 0.3) is 0 Å². The lowest BCUT2D eigenvalue weighted by Crippen LogP contribution is -2.53. The van der Waals surface area contributed by atoms with Crippen molar-refractivity contribution in [1.29, 1.82) is 5.26 Å². The molecule has 1 aliphatic rings. The Labute approximate surface area is 228 Å². The predicted octanol–water partition coefficient (Wildman–Crippen LogP) is 6.17. The van der Waals surface area contributed by atoms with Crippen LogP contribution < -0.4 is 10.6 Å². The maximum absolute atomic E-state index is 14.6. The second-order valence-corrected chi connectivity index (χ2v) is 11.2. The highest BCUT2D eigenvalue weighted by Crippen LogP contribution is 2.39. The first-order valence-corrected chi connectivity index (χ1v) is 12.9. The van der Waals surface area contributed by atoms with Crippen LogP contribution in [0.2, 0.25) is 0 Å². The van der Waals surface area contributed by atoms with Crippen molar-refractivity contribution in [2.24, 2.45) is 7.05 Å². The van der Waals surface area contributed by atoms with E-state index in [1.807, 2.05) is 36.7 Å². The van der Waals surface area contributed by atoms with Gasteiger partial charge in [-0.25, -0.2) is 9.37 Å². The first-order chi connectivity index (χ1) is 18.7. The van der Waals surface area contributed by atoms with Crippen LogP contribution in [0.15, 0.2) is 47.1 Å². The number of aromatic nitrogens is 2. The maximum Gasteiger partial charge on any atom is 0.407 e. The normalized spacial score (nSPS) is 16.6. The summed E-state index contributed by atoms with van der Waals surface area (Å²) in [5.41, 5.74) is 0.116. The molecule has 1 fully saturated rings. The number of imidazole rings is 1. The second-order valence-electron chi connectivity index (χ2n) is 11.2. The number of halogens is 4. The molecule has 2 aromatic carbocycles. The van der Waals surface area contributed by atoms with Crippen LogP contribution in [0, 0.1) is 18.3 Å². The van der Waals surface area contributed by atoms with Crippen LogP contribution in [-0.4, -0.2) is 38.9 Å². The molecule has 40 heavy (non-hydrogen) atoms. The molecule has 0 unspecified atom stereocenters. The Bertz CT molecular complexity index is 1640. The Morgan fingerprint density at radius 3 is 2.45 bits per heavy atom. The molecule has 4 aromatic rings. The molecule has 210 valence electrons. The van der Waals surface area contributed by atoms with Gasteiger partial charge in [0.2, 0.25) is 5.91 Å². The van der Waals surface area contributed by atoms with Gasteiger partial charge in [-0.1, -0.05) is 12.1 Å². The average molecular weight is 556 g/mol. The lowest BCUT2D eigenvalue weighted by Gasteiger charge is -2.30. The van der Waals surface area contributed by atoms with Crippen molar-refractivity contribution < 1.29 is 26.8 Å². The van der Waals surface area contributed by atoms with Crippen LogP contribution in [0.1, 0.15) is 50.4 Å². The number of nitriles is 1. The van der Waals surface area contributed by atoms with Crippen molar-refractivity contribution >= 4 is 27.8 Å². The smallest absolute Gasteiger partial charge is 0.407 e. The lowest BCUT2D eigenvalue weighted by atomic mass is 9.96. The van der Waals surface area contributed by atoms with Crippen LogP contribution in [-0.2, 0) is 11.8 Å². The molecular weight excluding hydrogens is 526 g/mol. The zero-order chi connectivity index (χ0) is 29.0. The number of furan rings is 1. The molecule has 1 aliphatic carbocycles. The number of rotatable bonds is 8. The summed E-state index contributed by atoms with van der Waals surface area (Å²) in [7, 11) is 1.89. The van der Waals surface area contributed by atoms with E-state index in [0.29, 0.717) is 23.8 Å². The van der Waals surface area contributed by atoms with E-state index < -0.39 is 41.8 Å². The Hall–Kier alpha value is -3.91. The number of hydrogen-bond acceptors (Lipinski definition) is 5. The van der Waals surface area contributed by atoms with Crippen molar-refractivity contribution in [3.63, 3.8) is 0 Å². The van der Waals surface area contributed by atoms with E-state index in [2.05, 4.69) is 15.6 Å². The minimum atomic E-state index is -4.81. The van der Waals surface area contributed by atoms with E-state index in [1.54, 1.807) is 18.5 Å². The molecule has 1 saturated carbocycles. The Kier molecular flexibility index (Phi) is 6.65. The van der Waals surface area contributed by atoms with Gasteiger partial charge < -0.3 is 14.3 Å². The summed E-state index contributed by atoms with van der Waals surface area (Å²) < 4.78 is 65.6. The minimum absolute atomic E-state index is 0.185. The third-order valence-corrected chi connectivity index (χ3v) is 7.36. The molecule has 0 spiro atoms. The quantitative estimate of drug-likeness (QED) is 0.254. The van der Waals surface area contributed by atoms with Crippen molar-refractivity contribution in [1.82, 2.24) is 20.2 Å². The van der Waals surface area contributed by atoms with Crippen LogP contribution in [0.4, 0.5) is 17.6 Å². The topological polar surface area (TPSA) is 95.9 Å². The lowest BCUT2D eigenvalue weighted by molar-refractivity contribution is -0.161. The number of hydrogen-bond donors (Lipinski definition) is 2. The largest absolute Gasteiger partial charge is 0.456 e. The highest BCUT2D eigenvalue weighted by molar-refractivity contribution is 6.06. The zero-order valence-electron chi connectivity index (χ0n) is 22.5. The fourth-order valence-corrected chi connectivity index (χ4v) is 4.90. The summed E-state index contributed by atoms with van der Waals surface area (Å²) in [5, 5.41) is 15.5. The molecular formula is C29H29F4N5O2. The van der Waals surface area contributed by atoms with Crippen LogP contribution in [0.3, 0.4) is 0 Å². The number of alkyl halides is 4. The monoisotopic (exact) mass is 555 g/mol. The highest BCUT2D eigenvalue weighted by atomic mass is 19.4. The molecule has 5 rings (SSSR count). The molecule has 0 radical (unpaired) electrons. The zero-order valence-corrected chi connectivity index (χ0v) is 22.5. The van der Waals surface area contributed by atoms with Gasteiger partial charge in [0.05, 0.1) is 24.1 Å². The standard InChI is InChI=1S/C29H29F4N5O2/c1-16-24(35-15-38(16)4)17-6-8-22-20(11-17)19-7-5-18(12-23(19)40-22)25(29(31,32)33)36-21(13-27(2,3)30)26(39)37-28(14-34)9-10-28/h5-8,11-12,15,21,25,36H,9-10,13H2,1-4H3,(H,37,39)/t21-,25-/m0/s1. The van der Waals surface area contributed by atoms with Crippen molar-refractivity contribution in [3.05, 3.63) is 54.0 Å². The van der Waals surface area contributed by atoms with Gasteiger partial charge in [0.15, 0.2) is 0 Å². The summed E-state index contributed by atoms with van der Waals surface area (Å²) >= 11 is 0. The SMILES string of the molecule is Cc1c(-c2ccc3oc4cc([C@H](N[C@@H](CC(C)(C)F)C(=O)NC5(C#N)CC5)C(F)(F)F)ccc4c3c2)ncn1C. The summed E-state index contributed by atoms with van der Waals surface area (Å²) in [6.07, 6.45) is -2.83. The fourth-order valence-electron chi connectivity index (χ4n) is 4.90. The summed E-state index contributed by atoms with van der Waals surface area (Å²) in [4.78, 5) is 17.4. The molecule has 2 heterocycles. The molecule has 11 heteroatoms. The molecule has 2 aromatic heterocycles. The van der Waals surface area contributed by atoms with Crippen LogP contribution >= 0.6 is 0 Å². The first kappa shape index (κ1) is 27.6. The number of benzene rings is 2. The molecule has 1 amide bonds. The van der Waals surface area contributed by atoms with Gasteiger partial charge in [0.1, 0.15) is 28.4 Å². The Balaban J connectivity index is 1.50. The molecule has 2 N–H and O–H groups in total. The van der Waals surface area contributed by atoms with Gasteiger partial charge in [-0.2, -0.15) is 18.4 Å². The van der Waals surface area contributed by atoms with Crippen LogP contribution in [0.25, 0.3) is 33.2 Å². The average Bonchev–Trinajstić information content (AvgIpc) is 3.44. The molecule has 2 atom stereocenters. The number of fused-ring (bicyclic) bond motifs is 3. The van der Waals surface area contributed by atoms with E-state index in [1.165, 1.54) is 26.0 Å². The number of carbonyl (C=O) groups excluding carboxylic acids is 1. The van der Waals surface area contributed by atoms with Crippen molar-refractivity contribution in [2.45, 2.75) is 69.5 Å². The van der Waals surface area contributed by atoms with E-state index in [-0.39, 0.29) is 11.1 Å². The Morgan fingerprint density at radius 2 is 1.88 bits per heavy atom. The Morgan fingerprint density at radius 1 is 1.15 bits per heavy atom. The molecule has 0 saturated heterocycles. The summed E-state index contributed by atoms with van der Waals surface area (Å²) in [6.45, 7) is 4.32. The highest BCUT2D eigenvalue weighted by Gasteiger charge is 2.48. The molecule has 7 nitrogen and oxygen atoms in total. The number of amides is 1. The van der Waals surface area contributed by atoms with Crippen molar-refractivity contribution in [2.75, 3.05) is 0 Å². The molecule has 0 aliphatic heterocycles. The maximum atomic E-state index is 14.6. The number of aryl methyl sites for hydroxylation is 1. The van der Waals surface area contributed by atoms with E-state index in [9.17, 15) is 27.6 Å². The predicted molar refractivity (Wildman–Crippen MR) is 142 cm³/mol. The number of carbonyl (C=O) groups is 1. The van der Waals surface area contributed by atoms with E-state index in [0.717, 1.165) is 22.3 Å². The van der Waals surface area contributed by atoms with Gasteiger partial charge in [-0.3, -0.25) is 10.1 Å². The summed E-state index contributed by atoms with van der Waals surface area (Å²) in [6, 6.07) is 7.81. The van der Waals surface area contributed by atoms with Gasteiger partial charge in [0, 0.05) is 35.5 Å². The molecule has 0 bridgehead atoms. The van der Waals surface area contributed by atoms with E-state index in [4.69, 9.17) is 4.42 Å². The fraction of sp³-hybridized carbons (Fsp3) is 0.414. The second kappa shape index (κ2) is 9.63.